The minimum atomic E-state index is -3.76. The zero-order valence-corrected chi connectivity index (χ0v) is 23.1. The first kappa shape index (κ1) is 26.3. The van der Waals surface area contributed by atoms with Crippen molar-refractivity contribution in [2.24, 2.45) is 0 Å². The van der Waals surface area contributed by atoms with Crippen molar-refractivity contribution in [1.82, 2.24) is 19.4 Å². The van der Waals surface area contributed by atoms with Gasteiger partial charge in [0.05, 0.1) is 4.90 Å². The molecular formula is C30H30FN5O3S. The first-order valence-corrected chi connectivity index (χ1v) is 15.0. The quantitative estimate of drug-likeness (QED) is 0.248. The monoisotopic (exact) mass is 559 g/mol. The van der Waals surface area contributed by atoms with E-state index < -0.39 is 15.8 Å². The van der Waals surface area contributed by atoms with E-state index in [1.807, 2.05) is 18.2 Å². The van der Waals surface area contributed by atoms with Gasteiger partial charge in [-0.2, -0.15) is 9.29 Å². The van der Waals surface area contributed by atoms with Gasteiger partial charge in [-0.1, -0.05) is 54.9 Å². The Hall–Kier alpha value is -3.89. The summed E-state index contributed by atoms with van der Waals surface area (Å²) in [4.78, 5) is 11.9. The van der Waals surface area contributed by atoms with Crippen LogP contribution in [0.5, 0.6) is 0 Å². The molecule has 8 nitrogen and oxygen atoms in total. The van der Waals surface area contributed by atoms with E-state index in [-0.39, 0.29) is 11.4 Å². The maximum atomic E-state index is 13.4. The van der Waals surface area contributed by atoms with Gasteiger partial charge in [0.25, 0.3) is 5.71 Å². The van der Waals surface area contributed by atoms with Crippen LogP contribution in [0, 0.1) is 5.82 Å². The highest BCUT2D eigenvalue weighted by molar-refractivity contribution is 7.89. The molecule has 6 rings (SSSR count). The smallest absolute Gasteiger partial charge is 0.263 e. The van der Waals surface area contributed by atoms with Crippen molar-refractivity contribution in [1.29, 1.82) is 0 Å². The van der Waals surface area contributed by atoms with E-state index in [2.05, 4.69) is 41.2 Å². The lowest BCUT2D eigenvalue weighted by Crippen LogP contribution is -2.35. The lowest BCUT2D eigenvalue weighted by atomic mass is 10.0. The van der Waals surface area contributed by atoms with Crippen LogP contribution in [0.15, 0.2) is 76.1 Å². The van der Waals surface area contributed by atoms with Crippen molar-refractivity contribution in [3.8, 4) is 11.3 Å². The number of halogens is 1. The van der Waals surface area contributed by atoms with Crippen LogP contribution in [0.3, 0.4) is 0 Å². The topological polar surface area (TPSA) is 92.4 Å². The molecule has 0 saturated carbocycles. The summed E-state index contributed by atoms with van der Waals surface area (Å²) in [5, 5.41) is 7.38. The number of aryl methyl sites for hydroxylation is 1. The molecule has 0 aliphatic carbocycles. The second kappa shape index (κ2) is 10.9. The molecule has 0 radical (unpaired) electrons. The van der Waals surface area contributed by atoms with Gasteiger partial charge in [-0.15, -0.1) is 0 Å². The van der Waals surface area contributed by atoms with Crippen LogP contribution in [0.4, 0.5) is 10.2 Å². The Balaban J connectivity index is 1.38. The molecule has 206 valence electrons. The summed E-state index contributed by atoms with van der Waals surface area (Å²) < 4.78 is 47.3. The largest absolute Gasteiger partial charge is 0.354 e. The molecule has 0 unspecified atom stereocenters. The second-order valence-corrected chi connectivity index (χ2v) is 12.0. The lowest BCUT2D eigenvalue weighted by molar-refractivity contribution is 0.433. The molecule has 0 atom stereocenters. The average molecular weight is 560 g/mol. The molecule has 5 aromatic rings. The minimum Gasteiger partial charge on any atom is -0.354 e. The molecule has 1 fully saturated rings. The second-order valence-electron chi connectivity index (χ2n) is 10.0. The van der Waals surface area contributed by atoms with Gasteiger partial charge < -0.3 is 9.42 Å². The zero-order valence-electron chi connectivity index (χ0n) is 22.3. The van der Waals surface area contributed by atoms with Gasteiger partial charge in [0.15, 0.2) is 0 Å². The van der Waals surface area contributed by atoms with E-state index in [4.69, 9.17) is 14.5 Å². The molecule has 3 heterocycles. The molecule has 0 amide bonds. The predicted octanol–water partition coefficient (Wildman–Crippen LogP) is 5.82. The number of anilines is 1. The molecule has 1 aliphatic heterocycles. The third-order valence-electron chi connectivity index (χ3n) is 7.35. The third kappa shape index (κ3) is 5.04. The van der Waals surface area contributed by atoms with Crippen molar-refractivity contribution in [2.75, 3.05) is 31.1 Å². The number of hydrogen-bond donors (Lipinski definition) is 0. The molecule has 2 aromatic heterocycles. The molecule has 0 spiro atoms. The van der Waals surface area contributed by atoms with Crippen LogP contribution in [0.2, 0.25) is 0 Å². The third-order valence-corrected chi connectivity index (χ3v) is 9.26. The van der Waals surface area contributed by atoms with E-state index in [1.54, 1.807) is 0 Å². The molecule has 40 heavy (non-hydrogen) atoms. The SMILES string of the molecule is CCCCc1nc(N2CCCN(S(=O)(=O)c3ccc(F)cc3)CC2)c2c(-c3ccc4ccccc4c3)noc2n1. The average Bonchev–Trinajstić information content (AvgIpc) is 3.23. The van der Waals surface area contributed by atoms with Crippen LogP contribution in [0.25, 0.3) is 33.1 Å². The predicted molar refractivity (Wildman–Crippen MR) is 153 cm³/mol. The van der Waals surface area contributed by atoms with Crippen LogP contribution < -0.4 is 4.90 Å². The number of rotatable bonds is 7. The van der Waals surface area contributed by atoms with Gasteiger partial charge in [0, 0.05) is 38.2 Å². The van der Waals surface area contributed by atoms with Gasteiger partial charge in [0.2, 0.25) is 10.0 Å². The van der Waals surface area contributed by atoms with Crippen molar-refractivity contribution in [3.63, 3.8) is 0 Å². The first-order chi connectivity index (χ1) is 19.4. The van der Waals surface area contributed by atoms with E-state index in [0.717, 1.165) is 34.6 Å². The lowest BCUT2D eigenvalue weighted by Gasteiger charge is -2.23. The molecule has 10 heteroatoms. The highest BCUT2D eigenvalue weighted by atomic mass is 32.2. The van der Waals surface area contributed by atoms with E-state index >= 15 is 0 Å². The highest BCUT2D eigenvalue weighted by Crippen LogP contribution is 2.36. The molecule has 0 N–H and O–H groups in total. The van der Waals surface area contributed by atoms with Gasteiger partial charge in [-0.3, -0.25) is 0 Å². The molecule has 3 aromatic carbocycles. The highest BCUT2D eigenvalue weighted by Gasteiger charge is 2.29. The van der Waals surface area contributed by atoms with Crippen molar-refractivity contribution < 1.29 is 17.3 Å². The van der Waals surface area contributed by atoms with Gasteiger partial charge in [0.1, 0.15) is 28.5 Å². The first-order valence-electron chi connectivity index (χ1n) is 13.6. The fourth-order valence-electron chi connectivity index (χ4n) is 5.19. The van der Waals surface area contributed by atoms with Gasteiger partial charge in [-0.05, 0) is 53.9 Å². The summed E-state index contributed by atoms with van der Waals surface area (Å²) in [7, 11) is -3.76. The van der Waals surface area contributed by atoms with Gasteiger partial charge >= 0.3 is 0 Å². The Kier molecular flexibility index (Phi) is 7.20. The molecule has 1 aliphatic rings. The number of nitrogens with zero attached hydrogens (tertiary/aromatic N) is 5. The van der Waals surface area contributed by atoms with E-state index in [1.165, 1.54) is 28.6 Å². The fourth-order valence-corrected chi connectivity index (χ4v) is 6.66. The number of fused-ring (bicyclic) bond motifs is 2. The number of hydrogen-bond acceptors (Lipinski definition) is 7. The number of benzene rings is 3. The molecule has 0 bridgehead atoms. The van der Waals surface area contributed by atoms with Crippen LogP contribution in [-0.4, -0.2) is 54.0 Å². The Morgan fingerprint density at radius 2 is 1.73 bits per heavy atom. The van der Waals surface area contributed by atoms with E-state index in [9.17, 15) is 12.8 Å². The van der Waals surface area contributed by atoms with Crippen molar-refractivity contribution in [2.45, 2.75) is 37.5 Å². The summed E-state index contributed by atoms with van der Waals surface area (Å²) in [5.74, 6) is 0.927. The Morgan fingerprint density at radius 3 is 2.52 bits per heavy atom. The molecule has 1 saturated heterocycles. The van der Waals surface area contributed by atoms with Crippen molar-refractivity contribution >= 4 is 37.7 Å². The Morgan fingerprint density at radius 1 is 0.925 bits per heavy atom. The van der Waals surface area contributed by atoms with Gasteiger partial charge in [-0.25, -0.2) is 17.8 Å². The number of aromatic nitrogens is 3. The number of unbranched alkanes of at least 4 members (excludes halogenated alkanes) is 1. The maximum Gasteiger partial charge on any atom is 0.263 e. The Bertz CT molecular complexity index is 1770. The molecular weight excluding hydrogens is 529 g/mol. The zero-order chi connectivity index (χ0) is 27.7. The number of sulfonamides is 1. The standard InChI is InChI=1S/C30H30FN5O3S/c1-2-3-9-26-32-29(35-16-6-17-36(19-18-35)40(37,38)25-14-12-24(31)13-15-25)27-28(34-39-30(27)33-26)23-11-10-21-7-4-5-8-22(21)20-23/h4-5,7-8,10-15,20H,2-3,6,9,16-19H2,1H3. The normalized spacial score (nSPS) is 15.1. The minimum absolute atomic E-state index is 0.0891. The summed E-state index contributed by atoms with van der Waals surface area (Å²) in [6.07, 6.45) is 3.27. The van der Waals surface area contributed by atoms with Crippen molar-refractivity contribution in [3.05, 3.63) is 78.4 Å². The summed E-state index contributed by atoms with van der Waals surface area (Å²) in [6, 6.07) is 19.3. The summed E-state index contributed by atoms with van der Waals surface area (Å²) >= 11 is 0. The fraction of sp³-hybridized carbons (Fsp3) is 0.300. The Labute approximate surface area is 232 Å². The van der Waals surface area contributed by atoms with Crippen LogP contribution in [-0.2, 0) is 16.4 Å². The maximum absolute atomic E-state index is 13.4. The van der Waals surface area contributed by atoms with Crippen LogP contribution >= 0.6 is 0 Å². The summed E-state index contributed by atoms with van der Waals surface area (Å²) in [6.45, 7) is 3.79. The summed E-state index contributed by atoms with van der Waals surface area (Å²) in [5.41, 5.74) is 2.00. The van der Waals surface area contributed by atoms with Crippen LogP contribution in [0.1, 0.15) is 32.0 Å². The van der Waals surface area contributed by atoms with E-state index in [0.29, 0.717) is 55.5 Å².